The van der Waals surface area contributed by atoms with E-state index in [0.717, 1.165) is 0 Å². The van der Waals surface area contributed by atoms with Crippen LogP contribution in [0.1, 0.15) is 5.56 Å². The summed E-state index contributed by atoms with van der Waals surface area (Å²) in [5, 5.41) is 0.436. The van der Waals surface area contributed by atoms with Gasteiger partial charge in [0.1, 0.15) is 0 Å². The lowest BCUT2D eigenvalue weighted by Crippen LogP contribution is -2.29. The Balaban J connectivity index is 0.00000225. The van der Waals surface area contributed by atoms with Crippen molar-refractivity contribution in [3.05, 3.63) is 28.8 Å². The molecule has 1 aromatic carbocycles. The number of sulfonamides is 1. The quantitative estimate of drug-likeness (QED) is 0.876. The van der Waals surface area contributed by atoms with Gasteiger partial charge >= 0.3 is 0 Å². The molecule has 7 heteroatoms. The van der Waals surface area contributed by atoms with Gasteiger partial charge in [0.2, 0.25) is 10.0 Å². The molecule has 0 amide bonds. The number of benzene rings is 1. The number of hydrogen-bond acceptors (Lipinski definition) is 3. The lowest BCUT2D eigenvalue weighted by molar-refractivity contribution is 0.581. The minimum atomic E-state index is -3.49. The predicted octanol–water partition coefficient (Wildman–Crippen LogP) is 1.31. The fraction of sp³-hybridized carbons (Fsp3) is 0.333. The fourth-order valence-electron chi connectivity index (χ4n) is 1.15. The van der Waals surface area contributed by atoms with Crippen LogP contribution < -0.4 is 10.5 Å². The monoisotopic (exact) mass is 284 g/mol. The maximum absolute atomic E-state index is 11.7. The van der Waals surface area contributed by atoms with Crippen molar-refractivity contribution in [1.82, 2.24) is 4.72 Å². The third-order valence-electron chi connectivity index (χ3n) is 1.94. The second-order valence-corrected chi connectivity index (χ2v) is 5.19. The molecule has 92 valence electrons. The van der Waals surface area contributed by atoms with Crippen LogP contribution in [0.25, 0.3) is 0 Å². The van der Waals surface area contributed by atoms with Crippen LogP contribution >= 0.6 is 24.0 Å². The first kappa shape index (κ1) is 15.7. The van der Waals surface area contributed by atoms with Gasteiger partial charge in [0.25, 0.3) is 0 Å². The standard InChI is InChI=1S/C9H13ClN2O2S.ClH/c1-7-8(10)3-2-4-9(7)15(13,14)12-6-5-11;/h2-4,12H,5-6,11H2,1H3;1H. The topological polar surface area (TPSA) is 72.2 Å². The summed E-state index contributed by atoms with van der Waals surface area (Å²) in [7, 11) is -3.49. The Bertz CT molecular complexity index is 449. The van der Waals surface area contributed by atoms with Gasteiger partial charge in [0, 0.05) is 18.1 Å². The smallest absolute Gasteiger partial charge is 0.240 e. The Morgan fingerprint density at radius 3 is 2.62 bits per heavy atom. The molecular formula is C9H14Cl2N2O2S. The van der Waals surface area contributed by atoms with Crippen molar-refractivity contribution in [2.24, 2.45) is 5.73 Å². The fourth-order valence-corrected chi connectivity index (χ4v) is 2.69. The lowest BCUT2D eigenvalue weighted by Gasteiger charge is -2.09. The van der Waals surface area contributed by atoms with Gasteiger partial charge in [-0.1, -0.05) is 17.7 Å². The number of rotatable bonds is 4. The van der Waals surface area contributed by atoms with Gasteiger partial charge < -0.3 is 5.73 Å². The van der Waals surface area contributed by atoms with E-state index >= 15 is 0 Å². The van der Waals surface area contributed by atoms with E-state index in [4.69, 9.17) is 17.3 Å². The van der Waals surface area contributed by atoms with Crippen LogP contribution in [-0.2, 0) is 10.0 Å². The summed E-state index contributed by atoms with van der Waals surface area (Å²) in [4.78, 5) is 0.198. The molecule has 3 N–H and O–H groups in total. The highest BCUT2D eigenvalue weighted by atomic mass is 35.5. The average Bonchev–Trinajstić information content (AvgIpc) is 2.19. The van der Waals surface area contributed by atoms with Crippen LogP contribution in [0.4, 0.5) is 0 Å². The minimum Gasteiger partial charge on any atom is -0.329 e. The van der Waals surface area contributed by atoms with Gasteiger partial charge in [0.05, 0.1) is 4.90 Å². The zero-order valence-corrected chi connectivity index (χ0v) is 11.1. The lowest BCUT2D eigenvalue weighted by atomic mass is 10.2. The number of halogens is 2. The highest BCUT2D eigenvalue weighted by Crippen LogP contribution is 2.22. The van der Waals surface area contributed by atoms with Gasteiger partial charge in [-0.25, -0.2) is 13.1 Å². The molecule has 0 aromatic heterocycles. The summed E-state index contributed by atoms with van der Waals surface area (Å²) < 4.78 is 25.9. The first-order chi connectivity index (χ1) is 6.99. The van der Waals surface area contributed by atoms with Gasteiger partial charge in [0.15, 0.2) is 0 Å². The SMILES string of the molecule is Cc1c(Cl)cccc1S(=O)(=O)NCCN.Cl. The molecule has 0 unspecified atom stereocenters. The summed E-state index contributed by atoms with van der Waals surface area (Å²) in [5.74, 6) is 0. The largest absolute Gasteiger partial charge is 0.329 e. The summed E-state index contributed by atoms with van der Waals surface area (Å²) in [5.41, 5.74) is 5.77. The first-order valence-corrected chi connectivity index (χ1v) is 6.30. The van der Waals surface area contributed by atoms with Crippen LogP contribution in [0.2, 0.25) is 5.02 Å². The molecule has 0 heterocycles. The Morgan fingerprint density at radius 2 is 2.06 bits per heavy atom. The van der Waals surface area contributed by atoms with E-state index in [2.05, 4.69) is 4.72 Å². The van der Waals surface area contributed by atoms with Gasteiger partial charge in [-0.2, -0.15) is 0 Å². The Kier molecular flexibility index (Phi) is 6.28. The maximum Gasteiger partial charge on any atom is 0.240 e. The molecule has 1 rings (SSSR count). The van der Waals surface area contributed by atoms with Crippen LogP contribution in [0, 0.1) is 6.92 Å². The molecule has 0 saturated heterocycles. The van der Waals surface area contributed by atoms with E-state index in [0.29, 0.717) is 10.6 Å². The van der Waals surface area contributed by atoms with Crippen molar-refractivity contribution >= 4 is 34.0 Å². The number of nitrogens with one attached hydrogen (secondary N) is 1. The van der Waals surface area contributed by atoms with Crippen molar-refractivity contribution in [2.75, 3.05) is 13.1 Å². The van der Waals surface area contributed by atoms with Crippen LogP contribution in [-0.4, -0.2) is 21.5 Å². The third-order valence-corrected chi connectivity index (χ3v) is 3.96. The second-order valence-electron chi connectivity index (χ2n) is 3.05. The second kappa shape index (κ2) is 6.42. The van der Waals surface area contributed by atoms with Crippen molar-refractivity contribution in [2.45, 2.75) is 11.8 Å². The van der Waals surface area contributed by atoms with Crippen LogP contribution in [0.5, 0.6) is 0 Å². The molecule has 1 aromatic rings. The predicted molar refractivity (Wildman–Crippen MR) is 67.7 cm³/mol. The van der Waals surface area contributed by atoms with Crippen molar-refractivity contribution in [1.29, 1.82) is 0 Å². The molecule has 16 heavy (non-hydrogen) atoms. The molecular weight excluding hydrogens is 271 g/mol. The first-order valence-electron chi connectivity index (χ1n) is 4.44. The molecule has 0 aliphatic heterocycles. The summed E-state index contributed by atoms with van der Waals surface area (Å²) in [6.07, 6.45) is 0. The molecule has 0 radical (unpaired) electrons. The molecule has 0 atom stereocenters. The van der Waals surface area contributed by atoms with E-state index in [-0.39, 0.29) is 30.4 Å². The van der Waals surface area contributed by atoms with E-state index in [1.807, 2.05) is 0 Å². The molecule has 0 spiro atoms. The Labute approximate surface area is 107 Å². The van der Waals surface area contributed by atoms with Gasteiger partial charge in [-0.05, 0) is 24.6 Å². The Hall–Kier alpha value is -0.330. The average molecular weight is 285 g/mol. The zero-order chi connectivity index (χ0) is 11.5. The van der Waals surface area contributed by atoms with Crippen molar-refractivity contribution in [3.63, 3.8) is 0 Å². The minimum absolute atomic E-state index is 0. The molecule has 0 aliphatic rings. The molecule has 0 fully saturated rings. The van der Waals surface area contributed by atoms with E-state index in [9.17, 15) is 8.42 Å². The van der Waals surface area contributed by atoms with Crippen LogP contribution in [0.3, 0.4) is 0 Å². The maximum atomic E-state index is 11.7. The summed E-state index contributed by atoms with van der Waals surface area (Å²) in [6.45, 7) is 2.15. The molecule has 0 bridgehead atoms. The van der Waals surface area contributed by atoms with Gasteiger partial charge in [-0.15, -0.1) is 12.4 Å². The third kappa shape index (κ3) is 3.61. The van der Waals surface area contributed by atoms with Crippen LogP contribution in [0.15, 0.2) is 23.1 Å². The number of hydrogen-bond donors (Lipinski definition) is 2. The summed E-state index contributed by atoms with van der Waals surface area (Å²) >= 11 is 5.84. The van der Waals surface area contributed by atoms with Gasteiger partial charge in [-0.3, -0.25) is 0 Å². The van der Waals surface area contributed by atoms with E-state index in [1.54, 1.807) is 19.1 Å². The van der Waals surface area contributed by atoms with E-state index in [1.165, 1.54) is 6.07 Å². The molecule has 0 aliphatic carbocycles. The normalized spacial score (nSPS) is 10.9. The van der Waals surface area contributed by atoms with Crippen molar-refractivity contribution < 1.29 is 8.42 Å². The van der Waals surface area contributed by atoms with Crippen molar-refractivity contribution in [3.8, 4) is 0 Å². The van der Waals surface area contributed by atoms with E-state index < -0.39 is 10.0 Å². The summed E-state index contributed by atoms with van der Waals surface area (Å²) in [6, 6.07) is 4.77. The zero-order valence-electron chi connectivity index (χ0n) is 8.73. The highest BCUT2D eigenvalue weighted by molar-refractivity contribution is 7.89. The molecule has 4 nitrogen and oxygen atoms in total. The molecule has 0 saturated carbocycles. The Morgan fingerprint density at radius 1 is 1.44 bits per heavy atom. The number of nitrogens with two attached hydrogens (primary N) is 1. The highest BCUT2D eigenvalue weighted by Gasteiger charge is 2.16.